The third-order valence-corrected chi connectivity index (χ3v) is 8.15. The van der Waals surface area contributed by atoms with Gasteiger partial charge >= 0.3 is 0 Å². The van der Waals surface area contributed by atoms with Crippen molar-refractivity contribution >= 4 is 45.1 Å². The Bertz CT molecular complexity index is 1010. The van der Waals surface area contributed by atoms with Crippen LogP contribution in [0.25, 0.3) is 0 Å². The summed E-state index contributed by atoms with van der Waals surface area (Å²) in [5.74, 6) is 1.49. The second kappa shape index (κ2) is 12.0. The Morgan fingerprint density at radius 3 is 2.66 bits per heavy atom. The molecule has 1 aliphatic heterocycles. The summed E-state index contributed by atoms with van der Waals surface area (Å²) in [5, 5.41) is 2.83. The van der Waals surface area contributed by atoms with E-state index in [1.807, 2.05) is 36.2 Å². The average Bonchev–Trinajstić information content (AvgIpc) is 2.77. The summed E-state index contributed by atoms with van der Waals surface area (Å²) >= 11 is 3.46. The van der Waals surface area contributed by atoms with Crippen LogP contribution in [0.2, 0.25) is 0 Å². The lowest BCUT2D eigenvalue weighted by Crippen LogP contribution is -2.44. The first kappa shape index (κ1) is 25.0. The van der Waals surface area contributed by atoms with Gasteiger partial charge in [-0.05, 0) is 48.3 Å². The zero-order valence-corrected chi connectivity index (χ0v) is 20.4. The Balaban J connectivity index is 1.70. The number of nitrogens with one attached hydrogen (secondary N) is 2. The number of thioether (sulfide) groups is 2. The molecule has 1 saturated heterocycles. The highest BCUT2D eigenvalue weighted by atomic mass is 32.2. The van der Waals surface area contributed by atoms with Gasteiger partial charge in [0, 0.05) is 36.8 Å². The Kier molecular flexibility index (Phi) is 9.42. The molecule has 0 aromatic heterocycles. The molecule has 0 radical (unpaired) electrons. The van der Waals surface area contributed by atoms with Crippen LogP contribution in [0.4, 0.5) is 10.1 Å². The largest absolute Gasteiger partial charge is 0.325 e. The van der Waals surface area contributed by atoms with Crippen LogP contribution in [0.5, 0.6) is 0 Å². The van der Waals surface area contributed by atoms with Crippen LogP contribution in [-0.4, -0.2) is 61.9 Å². The van der Waals surface area contributed by atoms with Crippen molar-refractivity contribution in [1.29, 1.82) is 0 Å². The van der Waals surface area contributed by atoms with Gasteiger partial charge in [0.15, 0.2) is 0 Å². The summed E-state index contributed by atoms with van der Waals surface area (Å²) in [6.45, 7) is 2.88. The van der Waals surface area contributed by atoms with Crippen LogP contribution in [-0.2, 0) is 21.4 Å². The number of benzene rings is 2. The maximum atomic E-state index is 14.0. The fraction of sp³-hybridized carbons (Fsp3) is 0.409. The molecule has 1 fully saturated rings. The van der Waals surface area contributed by atoms with Gasteiger partial charge in [0.05, 0.1) is 0 Å². The van der Waals surface area contributed by atoms with E-state index in [-0.39, 0.29) is 6.42 Å². The van der Waals surface area contributed by atoms with Crippen molar-refractivity contribution in [3.63, 3.8) is 0 Å². The van der Waals surface area contributed by atoms with Crippen molar-refractivity contribution in [1.82, 2.24) is 9.62 Å². The SMILES string of the molecule is CSCCC(NS(=O)(=O)c1ccccc1F)C(=O)Nc1cccc(CN2CCSCC2)c1. The third kappa shape index (κ3) is 7.21. The van der Waals surface area contributed by atoms with E-state index in [0.717, 1.165) is 42.8 Å². The van der Waals surface area contributed by atoms with E-state index >= 15 is 0 Å². The normalized spacial score (nSPS) is 15.9. The van der Waals surface area contributed by atoms with Gasteiger partial charge in [0.2, 0.25) is 15.9 Å². The molecule has 10 heteroatoms. The van der Waals surface area contributed by atoms with E-state index in [4.69, 9.17) is 0 Å². The topological polar surface area (TPSA) is 78.5 Å². The molecule has 0 saturated carbocycles. The van der Waals surface area contributed by atoms with Crippen molar-refractivity contribution in [2.45, 2.75) is 23.9 Å². The van der Waals surface area contributed by atoms with Gasteiger partial charge in [-0.15, -0.1) is 0 Å². The van der Waals surface area contributed by atoms with E-state index in [2.05, 4.69) is 14.9 Å². The van der Waals surface area contributed by atoms with Gasteiger partial charge in [-0.3, -0.25) is 9.69 Å². The zero-order valence-electron chi connectivity index (χ0n) is 17.9. The quantitative estimate of drug-likeness (QED) is 0.524. The predicted molar refractivity (Wildman–Crippen MR) is 131 cm³/mol. The summed E-state index contributed by atoms with van der Waals surface area (Å²) < 4.78 is 41.9. The molecule has 1 aliphatic rings. The molecule has 0 aliphatic carbocycles. The molecule has 6 nitrogen and oxygen atoms in total. The third-order valence-electron chi connectivity index (χ3n) is 5.06. The summed E-state index contributed by atoms with van der Waals surface area (Å²) in [4.78, 5) is 14.9. The van der Waals surface area contributed by atoms with E-state index in [1.165, 1.54) is 30.0 Å². The Morgan fingerprint density at radius 1 is 1.19 bits per heavy atom. The van der Waals surface area contributed by atoms with Crippen LogP contribution < -0.4 is 10.0 Å². The summed E-state index contributed by atoms with van der Waals surface area (Å²) in [6, 6.07) is 11.7. The Morgan fingerprint density at radius 2 is 1.94 bits per heavy atom. The summed E-state index contributed by atoms with van der Waals surface area (Å²) in [5.41, 5.74) is 1.69. The Hall–Kier alpha value is -1.59. The van der Waals surface area contributed by atoms with Crippen LogP contribution >= 0.6 is 23.5 Å². The van der Waals surface area contributed by atoms with Crippen LogP contribution in [0, 0.1) is 5.82 Å². The first-order valence-electron chi connectivity index (χ1n) is 10.3. The van der Waals surface area contributed by atoms with Crippen molar-refractivity contribution in [3.05, 3.63) is 59.9 Å². The number of rotatable bonds is 10. The Labute approximate surface area is 197 Å². The first-order valence-corrected chi connectivity index (χ1v) is 14.4. The van der Waals surface area contributed by atoms with Crippen LogP contribution in [0.15, 0.2) is 53.4 Å². The van der Waals surface area contributed by atoms with Gasteiger partial charge in [0.25, 0.3) is 0 Å². The lowest BCUT2D eigenvalue weighted by Gasteiger charge is -2.26. The van der Waals surface area contributed by atoms with E-state index in [9.17, 15) is 17.6 Å². The highest BCUT2D eigenvalue weighted by Crippen LogP contribution is 2.18. The number of hydrogen-bond donors (Lipinski definition) is 2. The molecule has 1 atom stereocenters. The first-order chi connectivity index (χ1) is 15.4. The van der Waals surface area contributed by atoms with Crippen molar-refractivity contribution in [2.75, 3.05) is 41.9 Å². The molecule has 3 rings (SSSR count). The van der Waals surface area contributed by atoms with E-state index < -0.39 is 32.7 Å². The predicted octanol–water partition coefficient (Wildman–Crippen LogP) is 3.41. The molecule has 2 N–H and O–H groups in total. The van der Waals surface area contributed by atoms with Crippen LogP contribution in [0.1, 0.15) is 12.0 Å². The van der Waals surface area contributed by atoms with Crippen molar-refractivity contribution < 1.29 is 17.6 Å². The fourth-order valence-electron chi connectivity index (χ4n) is 3.39. The number of nitrogens with zero attached hydrogens (tertiary/aromatic N) is 1. The minimum atomic E-state index is -4.19. The number of anilines is 1. The monoisotopic (exact) mass is 497 g/mol. The number of carbonyl (C=O) groups excluding carboxylic acids is 1. The molecule has 2 aromatic rings. The van der Waals surface area contributed by atoms with E-state index in [1.54, 1.807) is 6.07 Å². The van der Waals surface area contributed by atoms with Gasteiger partial charge in [-0.25, -0.2) is 12.8 Å². The van der Waals surface area contributed by atoms with Gasteiger partial charge in [0.1, 0.15) is 16.8 Å². The van der Waals surface area contributed by atoms with E-state index in [0.29, 0.717) is 11.4 Å². The summed E-state index contributed by atoms with van der Waals surface area (Å²) in [7, 11) is -4.19. The summed E-state index contributed by atoms with van der Waals surface area (Å²) in [6.07, 6.45) is 2.16. The smallest absolute Gasteiger partial charge is 0.244 e. The van der Waals surface area contributed by atoms with Gasteiger partial charge in [-0.1, -0.05) is 24.3 Å². The highest BCUT2D eigenvalue weighted by molar-refractivity contribution is 7.99. The molecule has 32 heavy (non-hydrogen) atoms. The second-order valence-corrected chi connectivity index (χ2v) is 11.4. The molecule has 1 amide bonds. The number of amides is 1. The molecule has 2 aromatic carbocycles. The molecule has 1 heterocycles. The number of hydrogen-bond acceptors (Lipinski definition) is 6. The second-order valence-electron chi connectivity index (χ2n) is 7.46. The number of sulfonamides is 1. The molecule has 174 valence electrons. The molecular weight excluding hydrogens is 469 g/mol. The zero-order chi connectivity index (χ0) is 23.0. The maximum Gasteiger partial charge on any atom is 0.244 e. The van der Waals surface area contributed by atoms with Crippen molar-refractivity contribution in [3.8, 4) is 0 Å². The minimum absolute atomic E-state index is 0.284. The molecule has 0 bridgehead atoms. The van der Waals surface area contributed by atoms with Crippen molar-refractivity contribution in [2.24, 2.45) is 0 Å². The standard InChI is InChI=1S/C22H28FN3O3S3/c1-30-12-9-20(25-32(28,29)21-8-3-2-7-19(21)23)22(27)24-18-6-4-5-17(15-18)16-26-10-13-31-14-11-26/h2-8,15,20,25H,9-14,16H2,1H3,(H,24,27). The lowest BCUT2D eigenvalue weighted by molar-refractivity contribution is -0.117. The molecule has 1 unspecified atom stereocenters. The number of halogens is 1. The van der Waals surface area contributed by atoms with Gasteiger partial charge < -0.3 is 5.32 Å². The molecule has 0 spiro atoms. The maximum absolute atomic E-state index is 14.0. The van der Waals surface area contributed by atoms with Gasteiger partial charge in [-0.2, -0.15) is 28.2 Å². The lowest BCUT2D eigenvalue weighted by atomic mass is 10.1. The fourth-order valence-corrected chi connectivity index (χ4v) is 6.15. The highest BCUT2D eigenvalue weighted by Gasteiger charge is 2.27. The number of carbonyl (C=O) groups is 1. The van der Waals surface area contributed by atoms with Crippen LogP contribution in [0.3, 0.4) is 0 Å². The average molecular weight is 498 g/mol. The minimum Gasteiger partial charge on any atom is -0.325 e. The molecular formula is C22H28FN3O3S3.